The van der Waals surface area contributed by atoms with E-state index >= 15 is 0 Å². The number of carbonyl (C=O) groups is 1. The van der Waals surface area contributed by atoms with Crippen LogP contribution in [0.25, 0.3) is 0 Å². The van der Waals surface area contributed by atoms with Gasteiger partial charge in [-0.3, -0.25) is 4.68 Å². The molecule has 1 aliphatic heterocycles. The van der Waals surface area contributed by atoms with Crippen molar-refractivity contribution >= 4 is 17.4 Å². The van der Waals surface area contributed by atoms with Gasteiger partial charge in [-0.15, -0.1) is 0 Å². The van der Waals surface area contributed by atoms with Crippen LogP contribution in [-0.2, 0) is 11.3 Å². The van der Waals surface area contributed by atoms with Gasteiger partial charge in [0, 0.05) is 12.7 Å². The molecule has 1 saturated carbocycles. The zero-order chi connectivity index (χ0) is 17.1. The molecule has 1 N–H and O–H groups in total. The van der Waals surface area contributed by atoms with E-state index in [1.54, 1.807) is 11.3 Å². The Bertz CT molecular complexity index is 694. The van der Waals surface area contributed by atoms with Gasteiger partial charge in [-0.05, 0) is 41.3 Å². The molecule has 0 spiro atoms. The van der Waals surface area contributed by atoms with Gasteiger partial charge in [-0.1, -0.05) is 12.8 Å². The highest BCUT2D eigenvalue weighted by Crippen LogP contribution is 2.28. The Labute approximate surface area is 151 Å². The number of aromatic nitrogens is 2. The fourth-order valence-electron chi connectivity index (χ4n) is 3.62. The second-order valence-electron chi connectivity index (χ2n) is 6.75. The Morgan fingerprint density at radius 2 is 2.24 bits per heavy atom. The van der Waals surface area contributed by atoms with Crippen LogP contribution in [0, 0.1) is 0 Å². The van der Waals surface area contributed by atoms with Gasteiger partial charge >= 0.3 is 6.03 Å². The first kappa shape index (κ1) is 16.6. The van der Waals surface area contributed by atoms with Crippen LogP contribution in [0.15, 0.2) is 29.1 Å². The average Bonchev–Trinajstić information content (AvgIpc) is 3.42. The van der Waals surface area contributed by atoms with E-state index in [-0.39, 0.29) is 12.1 Å². The first-order chi connectivity index (χ1) is 12.3. The summed E-state index contributed by atoms with van der Waals surface area (Å²) in [4.78, 5) is 14.3. The maximum Gasteiger partial charge on any atom is 0.317 e. The number of hydrogen-bond acceptors (Lipinski definition) is 4. The van der Waals surface area contributed by atoms with Crippen LogP contribution in [-0.4, -0.2) is 40.4 Å². The third kappa shape index (κ3) is 3.88. The van der Waals surface area contributed by atoms with Crippen molar-refractivity contribution in [3.05, 3.63) is 40.3 Å². The average molecular weight is 360 g/mol. The van der Waals surface area contributed by atoms with Gasteiger partial charge in [-0.25, -0.2) is 4.79 Å². The van der Waals surface area contributed by atoms with E-state index in [1.807, 2.05) is 22.5 Å². The van der Waals surface area contributed by atoms with Crippen molar-refractivity contribution < 1.29 is 9.53 Å². The number of amides is 2. The van der Waals surface area contributed by atoms with Gasteiger partial charge in [-0.2, -0.15) is 16.4 Å². The van der Waals surface area contributed by atoms with E-state index in [4.69, 9.17) is 4.74 Å². The molecular weight excluding hydrogens is 336 g/mol. The van der Waals surface area contributed by atoms with Gasteiger partial charge < -0.3 is 15.0 Å². The molecule has 1 aliphatic carbocycles. The summed E-state index contributed by atoms with van der Waals surface area (Å²) in [5.74, 6) is 0. The lowest BCUT2D eigenvalue weighted by Crippen LogP contribution is -2.46. The summed E-state index contributed by atoms with van der Waals surface area (Å²) in [7, 11) is 0. The molecule has 25 heavy (non-hydrogen) atoms. The lowest BCUT2D eigenvalue weighted by Gasteiger charge is -2.32. The van der Waals surface area contributed by atoms with Crippen LogP contribution in [0.5, 0.6) is 0 Å². The van der Waals surface area contributed by atoms with E-state index in [0.29, 0.717) is 32.3 Å². The Morgan fingerprint density at radius 1 is 1.36 bits per heavy atom. The summed E-state index contributed by atoms with van der Waals surface area (Å²) in [6.45, 7) is 2.27. The highest BCUT2D eigenvalue weighted by atomic mass is 32.1. The van der Waals surface area contributed by atoms with E-state index in [0.717, 1.165) is 11.3 Å². The molecule has 7 heteroatoms. The first-order valence-corrected chi connectivity index (χ1v) is 9.94. The van der Waals surface area contributed by atoms with Gasteiger partial charge in [0.2, 0.25) is 0 Å². The molecule has 0 aromatic carbocycles. The molecule has 2 aliphatic rings. The number of hydrogen-bond donors (Lipinski definition) is 1. The van der Waals surface area contributed by atoms with Crippen LogP contribution >= 0.6 is 11.3 Å². The Balaban J connectivity index is 1.29. The highest BCUT2D eigenvalue weighted by molar-refractivity contribution is 7.07. The summed E-state index contributed by atoms with van der Waals surface area (Å²) >= 11 is 1.65. The minimum Gasteiger partial charge on any atom is -0.370 e. The summed E-state index contributed by atoms with van der Waals surface area (Å²) in [5.41, 5.74) is 2.07. The summed E-state index contributed by atoms with van der Waals surface area (Å²) < 4.78 is 7.86. The number of thiophene rings is 1. The SMILES string of the molecule is O=C(NCc1ccn(C2CCCC2)n1)N1CCOC(c2ccsc2)C1. The molecular formula is C18H24N4O2S. The highest BCUT2D eigenvalue weighted by Gasteiger charge is 2.25. The van der Waals surface area contributed by atoms with E-state index < -0.39 is 0 Å². The summed E-state index contributed by atoms with van der Waals surface area (Å²) in [6, 6.07) is 4.56. The molecule has 2 fully saturated rings. The molecule has 0 radical (unpaired) electrons. The number of rotatable bonds is 4. The minimum atomic E-state index is -0.0426. The normalized spacial score (nSPS) is 21.6. The fourth-order valence-corrected chi connectivity index (χ4v) is 4.32. The van der Waals surface area contributed by atoms with Crippen molar-refractivity contribution in [2.45, 2.75) is 44.4 Å². The van der Waals surface area contributed by atoms with Crippen molar-refractivity contribution in [3.63, 3.8) is 0 Å². The van der Waals surface area contributed by atoms with Crippen LogP contribution in [0.1, 0.15) is 49.1 Å². The molecule has 1 unspecified atom stereocenters. The monoisotopic (exact) mass is 360 g/mol. The molecule has 1 atom stereocenters. The molecule has 4 rings (SSSR count). The maximum atomic E-state index is 12.5. The molecule has 6 nitrogen and oxygen atoms in total. The molecule has 2 aromatic rings. The smallest absolute Gasteiger partial charge is 0.317 e. The lowest BCUT2D eigenvalue weighted by molar-refractivity contribution is -0.0152. The zero-order valence-electron chi connectivity index (χ0n) is 14.3. The number of morpholine rings is 1. The van der Waals surface area contributed by atoms with E-state index in [1.165, 1.54) is 25.7 Å². The predicted octanol–water partition coefficient (Wildman–Crippen LogP) is 3.34. The lowest BCUT2D eigenvalue weighted by atomic mass is 10.1. The van der Waals surface area contributed by atoms with Crippen LogP contribution in [0.2, 0.25) is 0 Å². The Kier molecular flexibility index (Phi) is 5.03. The number of nitrogens with one attached hydrogen (secondary N) is 1. The molecule has 134 valence electrons. The second-order valence-corrected chi connectivity index (χ2v) is 7.53. The largest absolute Gasteiger partial charge is 0.370 e. The van der Waals surface area contributed by atoms with Gasteiger partial charge in [0.05, 0.1) is 31.4 Å². The minimum absolute atomic E-state index is 0.0210. The number of carbonyl (C=O) groups excluding carboxylic acids is 1. The number of urea groups is 1. The maximum absolute atomic E-state index is 12.5. The molecule has 2 aromatic heterocycles. The van der Waals surface area contributed by atoms with Crippen molar-refractivity contribution in [2.75, 3.05) is 19.7 Å². The predicted molar refractivity (Wildman–Crippen MR) is 96.6 cm³/mol. The first-order valence-electron chi connectivity index (χ1n) is 9.00. The summed E-state index contributed by atoms with van der Waals surface area (Å²) in [6.07, 6.45) is 7.03. The molecule has 2 amide bonds. The number of nitrogens with zero attached hydrogens (tertiary/aromatic N) is 3. The van der Waals surface area contributed by atoms with Crippen LogP contribution in [0.4, 0.5) is 4.79 Å². The van der Waals surface area contributed by atoms with E-state index in [2.05, 4.69) is 26.5 Å². The number of ether oxygens (including phenoxy) is 1. The van der Waals surface area contributed by atoms with Gasteiger partial charge in [0.15, 0.2) is 0 Å². The van der Waals surface area contributed by atoms with Crippen LogP contribution < -0.4 is 5.32 Å². The van der Waals surface area contributed by atoms with Crippen molar-refractivity contribution in [2.24, 2.45) is 0 Å². The van der Waals surface area contributed by atoms with Gasteiger partial charge in [0.25, 0.3) is 0 Å². The summed E-state index contributed by atoms with van der Waals surface area (Å²) in [5, 5.41) is 11.7. The third-order valence-corrected chi connectivity index (χ3v) is 5.75. The van der Waals surface area contributed by atoms with Crippen molar-refractivity contribution in [1.82, 2.24) is 20.0 Å². The Morgan fingerprint density at radius 3 is 3.04 bits per heavy atom. The molecule has 3 heterocycles. The van der Waals surface area contributed by atoms with E-state index in [9.17, 15) is 4.79 Å². The second kappa shape index (κ2) is 7.58. The van der Waals surface area contributed by atoms with Crippen molar-refractivity contribution in [3.8, 4) is 0 Å². The van der Waals surface area contributed by atoms with Crippen molar-refractivity contribution in [1.29, 1.82) is 0 Å². The molecule has 1 saturated heterocycles. The zero-order valence-corrected chi connectivity index (χ0v) is 15.1. The topological polar surface area (TPSA) is 59.4 Å². The third-order valence-electron chi connectivity index (χ3n) is 5.05. The Hall–Kier alpha value is -1.86. The standard InChI is InChI=1S/C18H24N4O2S/c23-18(21-8-9-24-17(12-21)14-6-10-25-13-14)19-11-15-5-7-22(20-15)16-3-1-2-4-16/h5-7,10,13,16-17H,1-4,8-9,11-12H2,(H,19,23). The van der Waals surface area contributed by atoms with Crippen LogP contribution in [0.3, 0.4) is 0 Å². The molecule has 0 bridgehead atoms. The fraction of sp³-hybridized carbons (Fsp3) is 0.556. The van der Waals surface area contributed by atoms with Gasteiger partial charge in [0.1, 0.15) is 6.10 Å². The quantitative estimate of drug-likeness (QED) is 0.910.